The number of nitrogens with one attached hydrogen (secondary N) is 1. The second kappa shape index (κ2) is 10.2. The van der Waals surface area contributed by atoms with Crippen molar-refractivity contribution >= 4 is 26.8 Å². The zero-order valence-electron chi connectivity index (χ0n) is 18.7. The molecule has 7 nitrogen and oxygen atoms in total. The van der Waals surface area contributed by atoms with Crippen molar-refractivity contribution < 1.29 is 31.1 Å². The first-order chi connectivity index (χ1) is 16.6. The number of nitrogens with zero attached hydrogens (tertiary/aromatic N) is 2. The van der Waals surface area contributed by atoms with Gasteiger partial charge in [0.1, 0.15) is 5.75 Å². The Hall–Kier alpha value is -3.18. The lowest BCUT2D eigenvalue weighted by Crippen LogP contribution is -2.46. The lowest BCUT2D eigenvalue weighted by Gasteiger charge is -2.31. The largest absolute Gasteiger partial charge is 0.483 e. The third-order valence-corrected chi connectivity index (χ3v) is 7.84. The second-order valence-corrected chi connectivity index (χ2v) is 10.3. The van der Waals surface area contributed by atoms with Crippen LogP contribution in [-0.4, -0.2) is 49.2 Å². The smallest absolute Gasteiger partial charge is 0.418 e. The van der Waals surface area contributed by atoms with Gasteiger partial charge in [-0.15, -0.1) is 0 Å². The molecule has 1 N–H and O–H groups in total. The number of carbonyl (C=O) groups is 1. The van der Waals surface area contributed by atoms with Crippen LogP contribution in [0.4, 0.5) is 13.2 Å². The Bertz CT molecular complexity index is 1290. The summed E-state index contributed by atoms with van der Waals surface area (Å²) < 4.78 is 73.3. The highest BCUT2D eigenvalue weighted by molar-refractivity contribution is 7.90. The number of amides is 1. The number of sulfonamides is 1. The molecule has 0 saturated carbocycles. The number of hydrogen-bond acceptors (Lipinski definition) is 5. The van der Waals surface area contributed by atoms with Gasteiger partial charge in [0.05, 0.1) is 16.3 Å². The molecule has 1 aliphatic rings. The van der Waals surface area contributed by atoms with Gasteiger partial charge in [-0.1, -0.05) is 36.4 Å². The van der Waals surface area contributed by atoms with Crippen molar-refractivity contribution in [3.63, 3.8) is 0 Å². The number of piperidine rings is 1. The number of rotatable bonds is 7. The molecule has 0 unspecified atom stereocenters. The lowest BCUT2D eigenvalue weighted by atomic mass is 10.1. The predicted octanol–water partition coefficient (Wildman–Crippen LogP) is 3.74. The first-order valence-corrected chi connectivity index (χ1v) is 12.6. The van der Waals surface area contributed by atoms with E-state index in [-0.39, 0.29) is 61.6 Å². The van der Waals surface area contributed by atoms with E-state index in [1.165, 1.54) is 29.3 Å². The summed E-state index contributed by atoms with van der Waals surface area (Å²) >= 11 is 0. The molecule has 1 saturated heterocycles. The highest BCUT2D eigenvalue weighted by Gasteiger charge is 2.34. The first-order valence-electron chi connectivity index (χ1n) is 11.0. The van der Waals surface area contributed by atoms with Crippen LogP contribution in [0.25, 0.3) is 10.9 Å². The molecule has 1 amide bonds. The summed E-state index contributed by atoms with van der Waals surface area (Å²) in [7, 11) is -3.54. The molecule has 0 atom stereocenters. The molecule has 0 bridgehead atoms. The number of halogens is 3. The Morgan fingerprint density at radius 3 is 2.46 bits per heavy atom. The SMILES string of the molecule is O=C(COc1ccnc2c(C(F)(F)F)cccc12)N1CCC(S(=O)(=O)NCc2ccccc2)CC1. The third kappa shape index (κ3) is 5.91. The second-order valence-electron chi connectivity index (χ2n) is 8.23. The summed E-state index contributed by atoms with van der Waals surface area (Å²) in [5.74, 6) is -0.243. The summed E-state index contributed by atoms with van der Waals surface area (Å²) in [5, 5.41) is -0.453. The number of likely N-dealkylation sites (tertiary alicyclic amines) is 1. The molecule has 186 valence electrons. The lowest BCUT2D eigenvalue weighted by molar-refractivity contribution is -0.136. The van der Waals surface area contributed by atoms with Gasteiger partial charge in [-0.3, -0.25) is 9.78 Å². The normalized spacial score (nSPS) is 15.3. The van der Waals surface area contributed by atoms with Gasteiger partial charge in [-0.05, 0) is 36.6 Å². The van der Waals surface area contributed by atoms with Gasteiger partial charge in [-0.2, -0.15) is 13.2 Å². The zero-order valence-corrected chi connectivity index (χ0v) is 19.5. The Morgan fingerprint density at radius 1 is 1.06 bits per heavy atom. The van der Waals surface area contributed by atoms with Gasteiger partial charge in [0.15, 0.2) is 6.61 Å². The predicted molar refractivity (Wildman–Crippen MR) is 124 cm³/mol. The monoisotopic (exact) mass is 507 g/mol. The number of benzene rings is 2. The molecule has 1 aromatic heterocycles. The van der Waals surface area contributed by atoms with Crippen molar-refractivity contribution in [2.75, 3.05) is 19.7 Å². The van der Waals surface area contributed by atoms with Crippen LogP contribution in [0.3, 0.4) is 0 Å². The van der Waals surface area contributed by atoms with Crippen LogP contribution in [0.2, 0.25) is 0 Å². The summed E-state index contributed by atoms with van der Waals surface area (Å²) in [6.45, 7) is 0.313. The minimum Gasteiger partial charge on any atom is -0.483 e. The number of hydrogen-bond donors (Lipinski definition) is 1. The highest BCUT2D eigenvalue weighted by atomic mass is 32.2. The summed E-state index contributed by atoms with van der Waals surface area (Å²) in [4.78, 5) is 18.0. The number of alkyl halides is 3. The molecule has 1 fully saturated rings. The van der Waals surface area contributed by atoms with Crippen LogP contribution in [0, 0.1) is 0 Å². The van der Waals surface area contributed by atoms with Gasteiger partial charge < -0.3 is 9.64 Å². The maximum atomic E-state index is 13.3. The summed E-state index contributed by atoms with van der Waals surface area (Å²) in [6, 6.07) is 14.3. The average Bonchev–Trinajstić information content (AvgIpc) is 2.86. The fourth-order valence-electron chi connectivity index (χ4n) is 4.05. The number of fused-ring (bicyclic) bond motifs is 1. The molecular weight excluding hydrogens is 483 g/mol. The molecule has 3 aromatic rings. The molecule has 0 spiro atoms. The minimum atomic E-state index is -4.57. The zero-order chi connectivity index (χ0) is 25.1. The van der Waals surface area contributed by atoms with Gasteiger partial charge in [-0.25, -0.2) is 13.1 Å². The maximum absolute atomic E-state index is 13.3. The van der Waals surface area contributed by atoms with Crippen molar-refractivity contribution in [3.05, 3.63) is 71.9 Å². The van der Waals surface area contributed by atoms with Crippen molar-refractivity contribution in [1.82, 2.24) is 14.6 Å². The topological polar surface area (TPSA) is 88.6 Å². The van der Waals surface area contributed by atoms with Crippen molar-refractivity contribution in [3.8, 4) is 5.75 Å². The fourth-order valence-corrected chi connectivity index (χ4v) is 5.48. The van der Waals surface area contributed by atoms with Gasteiger partial charge in [0.2, 0.25) is 10.0 Å². The van der Waals surface area contributed by atoms with Crippen LogP contribution < -0.4 is 9.46 Å². The Balaban J connectivity index is 1.33. The standard InChI is InChI=1S/C24H24F3N3O4S/c25-24(26,27)20-8-4-7-19-21(9-12-28-23(19)20)34-16-22(31)30-13-10-18(11-14-30)35(32,33)29-15-17-5-2-1-3-6-17/h1-9,12,18,29H,10-11,13-16H2. The summed E-state index contributed by atoms with van der Waals surface area (Å²) in [5.41, 5.74) is -0.276. The molecule has 35 heavy (non-hydrogen) atoms. The number of aromatic nitrogens is 1. The Morgan fingerprint density at radius 2 is 1.77 bits per heavy atom. The molecule has 4 rings (SSSR count). The molecule has 0 radical (unpaired) electrons. The van der Waals surface area contributed by atoms with E-state index < -0.39 is 27.0 Å². The van der Waals surface area contributed by atoms with Crippen molar-refractivity contribution in [1.29, 1.82) is 0 Å². The van der Waals surface area contributed by atoms with Gasteiger partial charge >= 0.3 is 6.18 Å². The Kier molecular flexibility index (Phi) is 7.27. The third-order valence-electron chi connectivity index (χ3n) is 5.94. The molecule has 11 heteroatoms. The summed E-state index contributed by atoms with van der Waals surface area (Å²) in [6.07, 6.45) is -2.80. The average molecular weight is 508 g/mol. The van der Waals surface area contributed by atoms with Crippen LogP contribution >= 0.6 is 0 Å². The number of carbonyl (C=O) groups excluding carboxylic acids is 1. The van der Waals surface area contributed by atoms with Crippen LogP contribution in [0.5, 0.6) is 5.75 Å². The minimum absolute atomic E-state index is 0.122. The van der Waals surface area contributed by atoms with Crippen LogP contribution in [0.15, 0.2) is 60.8 Å². The Labute approximate surface area is 201 Å². The molecule has 1 aliphatic heterocycles. The quantitative estimate of drug-likeness (QED) is 0.526. The van der Waals surface area contributed by atoms with Crippen molar-refractivity contribution in [2.45, 2.75) is 30.8 Å². The molecular formula is C24H24F3N3O4S. The van der Waals surface area contributed by atoms with E-state index >= 15 is 0 Å². The maximum Gasteiger partial charge on any atom is 0.418 e. The van der Waals surface area contributed by atoms with Crippen LogP contribution in [-0.2, 0) is 27.5 Å². The highest BCUT2D eigenvalue weighted by Crippen LogP contribution is 2.36. The fraction of sp³-hybridized carbons (Fsp3) is 0.333. The molecule has 0 aliphatic carbocycles. The van der Waals surface area contributed by atoms with E-state index in [2.05, 4.69) is 9.71 Å². The van der Waals surface area contributed by atoms with E-state index in [0.717, 1.165) is 11.6 Å². The first kappa shape index (κ1) is 24.9. The molecule has 2 heterocycles. The van der Waals surface area contributed by atoms with E-state index in [1.807, 2.05) is 30.3 Å². The van der Waals surface area contributed by atoms with Crippen molar-refractivity contribution in [2.24, 2.45) is 0 Å². The van der Waals surface area contributed by atoms with E-state index in [1.54, 1.807) is 0 Å². The number of pyridine rings is 1. The van der Waals surface area contributed by atoms with Gasteiger partial charge in [0.25, 0.3) is 5.91 Å². The number of ether oxygens (including phenoxy) is 1. The molecule has 2 aromatic carbocycles. The van der Waals surface area contributed by atoms with Gasteiger partial charge in [0, 0.05) is 31.2 Å². The van der Waals surface area contributed by atoms with E-state index in [9.17, 15) is 26.4 Å². The number of para-hydroxylation sites is 1. The van der Waals surface area contributed by atoms with E-state index in [4.69, 9.17) is 4.74 Å². The van der Waals surface area contributed by atoms with E-state index in [0.29, 0.717) is 0 Å². The van der Waals surface area contributed by atoms with Crippen LogP contribution in [0.1, 0.15) is 24.0 Å².